The molecule has 2 aromatic heterocycles. The second-order valence-electron chi connectivity index (χ2n) is 4.83. The van der Waals surface area contributed by atoms with Crippen molar-refractivity contribution in [2.45, 2.75) is 33.2 Å². The molecule has 0 saturated carbocycles. The van der Waals surface area contributed by atoms with Crippen LogP contribution in [0.4, 0.5) is 0 Å². The SMILES string of the molecule is CCCC(=O)c1cc(C)n(CC(=O)c2cnn(C)c2)n1. The molecule has 0 radical (unpaired) electrons. The van der Waals surface area contributed by atoms with Gasteiger partial charge in [-0.25, -0.2) is 0 Å². The normalized spacial score (nSPS) is 10.8. The average Bonchev–Trinajstić information content (AvgIpc) is 2.97. The van der Waals surface area contributed by atoms with Gasteiger partial charge in [-0.15, -0.1) is 0 Å². The van der Waals surface area contributed by atoms with Crippen LogP contribution in [0.25, 0.3) is 0 Å². The Morgan fingerprint density at radius 1 is 1.30 bits per heavy atom. The van der Waals surface area contributed by atoms with Crippen LogP contribution in [0.3, 0.4) is 0 Å². The van der Waals surface area contributed by atoms with Crippen molar-refractivity contribution >= 4 is 11.6 Å². The summed E-state index contributed by atoms with van der Waals surface area (Å²) in [6.07, 6.45) is 4.47. The van der Waals surface area contributed by atoms with E-state index in [1.807, 2.05) is 13.8 Å². The summed E-state index contributed by atoms with van der Waals surface area (Å²) in [5, 5.41) is 8.19. The van der Waals surface area contributed by atoms with Gasteiger partial charge in [0.2, 0.25) is 0 Å². The van der Waals surface area contributed by atoms with Crippen molar-refractivity contribution in [3.05, 3.63) is 35.4 Å². The Hall–Kier alpha value is -2.24. The number of hydrogen-bond acceptors (Lipinski definition) is 4. The summed E-state index contributed by atoms with van der Waals surface area (Å²) < 4.78 is 3.15. The number of nitrogens with zero attached hydrogens (tertiary/aromatic N) is 4. The lowest BCUT2D eigenvalue weighted by Crippen LogP contribution is -2.13. The highest BCUT2D eigenvalue weighted by molar-refractivity contribution is 5.96. The summed E-state index contributed by atoms with van der Waals surface area (Å²) in [5.74, 6) is -0.0537. The minimum atomic E-state index is -0.0706. The van der Waals surface area contributed by atoms with Gasteiger partial charge in [0, 0.05) is 25.4 Å². The molecule has 0 aliphatic carbocycles. The summed E-state index contributed by atoms with van der Waals surface area (Å²) in [7, 11) is 1.76. The number of Topliss-reactive ketones (excluding diaryl/α,β-unsaturated/α-hetero) is 2. The van der Waals surface area contributed by atoms with E-state index < -0.39 is 0 Å². The fourth-order valence-corrected chi connectivity index (χ4v) is 1.95. The zero-order chi connectivity index (χ0) is 14.7. The molecule has 2 aromatic rings. The van der Waals surface area contributed by atoms with Crippen LogP contribution in [0.15, 0.2) is 18.5 Å². The standard InChI is InChI=1S/C14H18N4O2/c1-4-5-13(19)12-6-10(2)18(16-12)9-14(20)11-7-15-17(3)8-11/h6-8H,4-5,9H2,1-3H3. The smallest absolute Gasteiger partial charge is 0.187 e. The van der Waals surface area contributed by atoms with Gasteiger partial charge in [-0.2, -0.15) is 10.2 Å². The Kier molecular flexibility index (Phi) is 4.12. The van der Waals surface area contributed by atoms with Gasteiger partial charge in [-0.3, -0.25) is 19.0 Å². The lowest BCUT2D eigenvalue weighted by Gasteiger charge is -2.01. The first-order chi connectivity index (χ1) is 9.51. The molecule has 0 bridgehead atoms. The molecule has 106 valence electrons. The molecule has 6 nitrogen and oxygen atoms in total. The number of hydrogen-bond donors (Lipinski definition) is 0. The van der Waals surface area contributed by atoms with Gasteiger partial charge in [-0.05, 0) is 19.4 Å². The van der Waals surface area contributed by atoms with Crippen LogP contribution in [0.5, 0.6) is 0 Å². The van der Waals surface area contributed by atoms with E-state index in [0.29, 0.717) is 17.7 Å². The van der Waals surface area contributed by atoms with E-state index >= 15 is 0 Å². The maximum Gasteiger partial charge on any atom is 0.187 e. The molecule has 20 heavy (non-hydrogen) atoms. The molecule has 0 unspecified atom stereocenters. The highest BCUT2D eigenvalue weighted by atomic mass is 16.1. The predicted octanol–water partition coefficient (Wildman–Crippen LogP) is 1.79. The van der Waals surface area contributed by atoms with Crippen LogP contribution >= 0.6 is 0 Å². The Morgan fingerprint density at radius 2 is 2.05 bits per heavy atom. The Labute approximate surface area is 117 Å². The fourth-order valence-electron chi connectivity index (χ4n) is 1.95. The van der Waals surface area contributed by atoms with Crippen molar-refractivity contribution in [3.8, 4) is 0 Å². The second-order valence-corrected chi connectivity index (χ2v) is 4.83. The number of carbonyl (C=O) groups is 2. The molecule has 2 rings (SSSR count). The van der Waals surface area contributed by atoms with Crippen LogP contribution in [0.1, 0.15) is 46.3 Å². The fraction of sp³-hybridized carbons (Fsp3) is 0.429. The molecule has 6 heteroatoms. The van der Waals surface area contributed by atoms with E-state index in [1.165, 1.54) is 6.20 Å². The van der Waals surface area contributed by atoms with E-state index in [2.05, 4.69) is 10.2 Å². The lowest BCUT2D eigenvalue weighted by atomic mass is 10.2. The minimum absolute atomic E-state index is 0.0168. The van der Waals surface area contributed by atoms with Crippen molar-refractivity contribution in [2.75, 3.05) is 0 Å². The highest BCUT2D eigenvalue weighted by Gasteiger charge is 2.15. The lowest BCUT2D eigenvalue weighted by molar-refractivity contribution is 0.0953. The number of carbonyl (C=O) groups excluding carboxylic acids is 2. The number of rotatable bonds is 6. The molecular weight excluding hydrogens is 256 g/mol. The topological polar surface area (TPSA) is 69.8 Å². The molecule has 0 saturated heterocycles. The first kappa shape index (κ1) is 14.2. The van der Waals surface area contributed by atoms with Crippen LogP contribution in [0, 0.1) is 6.92 Å². The summed E-state index contributed by atoms with van der Waals surface area (Å²) in [6, 6.07) is 1.73. The van der Waals surface area contributed by atoms with E-state index in [-0.39, 0.29) is 18.1 Å². The molecular formula is C14H18N4O2. The van der Waals surface area contributed by atoms with Crippen molar-refractivity contribution in [1.82, 2.24) is 19.6 Å². The maximum atomic E-state index is 12.1. The van der Waals surface area contributed by atoms with Gasteiger partial charge < -0.3 is 0 Å². The van der Waals surface area contributed by atoms with Gasteiger partial charge in [0.15, 0.2) is 11.6 Å². The van der Waals surface area contributed by atoms with E-state index in [9.17, 15) is 9.59 Å². The van der Waals surface area contributed by atoms with Crippen LogP contribution in [-0.2, 0) is 13.6 Å². The van der Waals surface area contributed by atoms with Crippen LogP contribution in [0.2, 0.25) is 0 Å². The molecule has 0 aliphatic rings. The van der Waals surface area contributed by atoms with Crippen molar-refractivity contribution in [2.24, 2.45) is 7.05 Å². The minimum Gasteiger partial charge on any atom is -0.292 e. The first-order valence-electron chi connectivity index (χ1n) is 6.60. The molecule has 2 heterocycles. The third-order valence-electron chi connectivity index (χ3n) is 3.06. The summed E-state index contributed by atoms with van der Waals surface area (Å²) >= 11 is 0. The zero-order valence-corrected chi connectivity index (χ0v) is 12.0. The number of ketones is 2. The molecule has 0 aromatic carbocycles. The monoisotopic (exact) mass is 274 g/mol. The quantitative estimate of drug-likeness (QED) is 0.753. The third-order valence-corrected chi connectivity index (χ3v) is 3.06. The summed E-state index contributed by atoms with van der Waals surface area (Å²) in [4.78, 5) is 23.9. The Morgan fingerprint density at radius 3 is 2.65 bits per heavy atom. The van der Waals surface area contributed by atoms with Crippen LogP contribution < -0.4 is 0 Å². The van der Waals surface area contributed by atoms with Crippen molar-refractivity contribution < 1.29 is 9.59 Å². The highest BCUT2D eigenvalue weighted by Crippen LogP contribution is 2.09. The maximum absolute atomic E-state index is 12.1. The molecule has 0 fully saturated rings. The summed E-state index contributed by atoms with van der Waals surface area (Å²) in [5.41, 5.74) is 1.79. The Balaban J connectivity index is 2.13. The first-order valence-corrected chi connectivity index (χ1v) is 6.60. The van der Waals surface area contributed by atoms with Gasteiger partial charge in [-0.1, -0.05) is 6.92 Å². The molecule has 0 amide bonds. The van der Waals surface area contributed by atoms with E-state index in [0.717, 1.165) is 12.1 Å². The Bertz CT molecular complexity index is 639. The predicted molar refractivity (Wildman–Crippen MR) is 73.7 cm³/mol. The number of aryl methyl sites for hydroxylation is 2. The van der Waals surface area contributed by atoms with Gasteiger partial charge >= 0.3 is 0 Å². The molecule has 0 aliphatic heterocycles. The third kappa shape index (κ3) is 3.01. The number of aromatic nitrogens is 4. The van der Waals surface area contributed by atoms with Crippen LogP contribution in [-0.4, -0.2) is 31.1 Å². The van der Waals surface area contributed by atoms with Gasteiger partial charge in [0.1, 0.15) is 12.2 Å². The van der Waals surface area contributed by atoms with Gasteiger partial charge in [0.05, 0.1) is 11.8 Å². The largest absolute Gasteiger partial charge is 0.292 e. The molecule has 0 spiro atoms. The summed E-state index contributed by atoms with van der Waals surface area (Å²) in [6.45, 7) is 3.91. The van der Waals surface area contributed by atoms with Gasteiger partial charge in [0.25, 0.3) is 0 Å². The zero-order valence-electron chi connectivity index (χ0n) is 12.0. The molecule has 0 atom stereocenters. The van der Waals surface area contributed by atoms with Crippen molar-refractivity contribution in [1.29, 1.82) is 0 Å². The average molecular weight is 274 g/mol. The van der Waals surface area contributed by atoms with Crippen molar-refractivity contribution in [3.63, 3.8) is 0 Å². The van der Waals surface area contributed by atoms with E-state index in [4.69, 9.17) is 0 Å². The molecule has 0 N–H and O–H groups in total. The van der Waals surface area contributed by atoms with E-state index in [1.54, 1.807) is 28.7 Å². The second kappa shape index (κ2) is 5.81.